The Morgan fingerprint density at radius 1 is 0.566 bits per heavy atom. The number of aliphatic carboxylic acids is 1. The molecule has 53 heavy (non-hydrogen) atoms. The number of rotatable bonds is 38. The van der Waals surface area contributed by atoms with E-state index in [2.05, 4.69) is 50.3 Å². The molecule has 0 aliphatic carbocycles. The van der Waals surface area contributed by atoms with Crippen LogP contribution in [0.15, 0.2) is 36.5 Å². The molecule has 0 heterocycles. The van der Waals surface area contributed by atoms with Gasteiger partial charge in [-0.1, -0.05) is 140 Å². The second-order valence-corrected chi connectivity index (χ2v) is 15.6. The predicted molar refractivity (Wildman–Crippen MR) is 217 cm³/mol. The smallest absolute Gasteiger partial charge is 0.306 e. The summed E-state index contributed by atoms with van der Waals surface area (Å²) in [5.41, 5.74) is 0. The predicted octanol–water partition coefficient (Wildman–Crippen LogP) is 10.1. The number of allylic oxidation sites excluding steroid dienone is 6. The van der Waals surface area contributed by atoms with Crippen molar-refractivity contribution in [1.29, 1.82) is 0 Å². The molecular formula is C45H81NO7. The van der Waals surface area contributed by atoms with Crippen molar-refractivity contribution in [2.24, 2.45) is 0 Å². The number of esters is 2. The van der Waals surface area contributed by atoms with Crippen molar-refractivity contribution < 1.29 is 38.2 Å². The Balaban J connectivity index is 4.29. The number of carboxylic acids is 1. The van der Waals surface area contributed by atoms with E-state index in [4.69, 9.17) is 14.2 Å². The van der Waals surface area contributed by atoms with E-state index < -0.39 is 18.1 Å². The number of carbonyl (C=O) groups excluding carboxylic acids is 3. The molecule has 0 aliphatic heterocycles. The van der Waals surface area contributed by atoms with E-state index in [1.54, 1.807) is 21.1 Å². The van der Waals surface area contributed by atoms with Crippen molar-refractivity contribution in [3.8, 4) is 0 Å². The minimum atomic E-state index is -1.13. The summed E-state index contributed by atoms with van der Waals surface area (Å²) in [5.74, 6) is -1.78. The molecule has 0 aliphatic rings. The second kappa shape index (κ2) is 36.5. The van der Waals surface area contributed by atoms with E-state index in [9.17, 15) is 19.5 Å². The zero-order chi connectivity index (χ0) is 39.3. The molecule has 0 aromatic carbocycles. The summed E-state index contributed by atoms with van der Waals surface area (Å²) in [6.45, 7) is 4.57. The molecule has 0 amide bonds. The van der Waals surface area contributed by atoms with Crippen LogP contribution in [-0.2, 0) is 28.6 Å². The first-order valence-corrected chi connectivity index (χ1v) is 21.5. The van der Waals surface area contributed by atoms with Gasteiger partial charge in [-0.05, 0) is 57.8 Å². The summed E-state index contributed by atoms with van der Waals surface area (Å²) in [5, 5.41) is 11.6. The van der Waals surface area contributed by atoms with Gasteiger partial charge in [0.05, 0.1) is 40.3 Å². The number of carbonyl (C=O) groups is 3. The third-order valence-electron chi connectivity index (χ3n) is 9.53. The van der Waals surface area contributed by atoms with E-state index in [1.807, 2.05) is 0 Å². The van der Waals surface area contributed by atoms with Crippen LogP contribution >= 0.6 is 0 Å². The van der Waals surface area contributed by atoms with Crippen LogP contribution in [0.25, 0.3) is 0 Å². The van der Waals surface area contributed by atoms with Gasteiger partial charge in [0, 0.05) is 19.3 Å². The van der Waals surface area contributed by atoms with Crippen molar-refractivity contribution in [2.75, 3.05) is 41.0 Å². The number of hydrogen-bond donors (Lipinski definition) is 0. The van der Waals surface area contributed by atoms with Gasteiger partial charge in [0.1, 0.15) is 12.6 Å². The minimum absolute atomic E-state index is 0.0317. The Labute approximate surface area is 325 Å². The fraction of sp³-hybridized carbons (Fsp3) is 0.800. The molecule has 2 atom stereocenters. The fourth-order valence-corrected chi connectivity index (χ4v) is 6.12. The first-order valence-electron chi connectivity index (χ1n) is 21.5. The standard InChI is InChI=1S/C45H81NO7/c1-6-8-10-12-14-16-17-18-19-20-21-22-23-24-25-26-28-30-32-34-36-44(48)53-41(39-51-38-37-42(45(49)50)46(3,4)5)40-52-43(47)35-33-31-29-27-15-13-11-9-7-2/h16-19,27,29,41-42H,6-15,20-26,28,30-40H2,1-5H3/b17-16+,19-18+,29-27+. The van der Waals surface area contributed by atoms with Crippen LogP contribution in [0.5, 0.6) is 0 Å². The zero-order valence-corrected chi connectivity index (χ0v) is 34.9. The molecule has 0 fully saturated rings. The highest BCUT2D eigenvalue weighted by molar-refractivity contribution is 5.70. The van der Waals surface area contributed by atoms with Gasteiger partial charge in [0.2, 0.25) is 0 Å². The highest BCUT2D eigenvalue weighted by Gasteiger charge is 2.25. The van der Waals surface area contributed by atoms with Gasteiger partial charge in [-0.15, -0.1) is 0 Å². The van der Waals surface area contributed by atoms with Crippen molar-refractivity contribution >= 4 is 17.9 Å². The fourth-order valence-electron chi connectivity index (χ4n) is 6.12. The average Bonchev–Trinajstić information content (AvgIpc) is 3.11. The molecule has 0 saturated carbocycles. The highest BCUT2D eigenvalue weighted by Crippen LogP contribution is 2.14. The summed E-state index contributed by atoms with van der Waals surface area (Å²) >= 11 is 0. The maximum Gasteiger partial charge on any atom is 0.306 e. The summed E-state index contributed by atoms with van der Waals surface area (Å²) in [6, 6.07) is -0.728. The minimum Gasteiger partial charge on any atom is -0.544 e. The maximum absolute atomic E-state index is 12.7. The van der Waals surface area contributed by atoms with Gasteiger partial charge < -0.3 is 28.6 Å². The maximum atomic E-state index is 12.7. The summed E-state index contributed by atoms with van der Waals surface area (Å²) < 4.78 is 17.1. The lowest BCUT2D eigenvalue weighted by molar-refractivity contribution is -0.889. The van der Waals surface area contributed by atoms with Gasteiger partial charge in [0.25, 0.3) is 0 Å². The monoisotopic (exact) mass is 748 g/mol. The molecule has 308 valence electrons. The summed E-state index contributed by atoms with van der Waals surface area (Å²) in [6.07, 6.45) is 40.4. The zero-order valence-electron chi connectivity index (χ0n) is 34.9. The molecular weight excluding hydrogens is 666 g/mol. The van der Waals surface area contributed by atoms with Crippen LogP contribution in [0.1, 0.15) is 181 Å². The number of likely N-dealkylation sites (N-methyl/N-ethyl adjacent to an activating group) is 1. The molecule has 0 radical (unpaired) electrons. The van der Waals surface area contributed by atoms with Crippen LogP contribution in [0, 0.1) is 0 Å². The number of ether oxygens (including phenoxy) is 3. The topological polar surface area (TPSA) is 102 Å². The van der Waals surface area contributed by atoms with E-state index in [0.29, 0.717) is 19.3 Å². The van der Waals surface area contributed by atoms with Crippen LogP contribution in [-0.4, -0.2) is 75.5 Å². The molecule has 0 aromatic rings. The lowest BCUT2D eigenvalue weighted by atomic mass is 10.1. The lowest BCUT2D eigenvalue weighted by Gasteiger charge is -2.34. The molecule has 0 aromatic heterocycles. The molecule has 0 rings (SSSR count). The molecule has 0 saturated heterocycles. The van der Waals surface area contributed by atoms with Crippen LogP contribution in [0.3, 0.4) is 0 Å². The first-order chi connectivity index (χ1) is 25.6. The van der Waals surface area contributed by atoms with E-state index in [1.165, 1.54) is 109 Å². The highest BCUT2D eigenvalue weighted by atomic mass is 16.6. The molecule has 0 spiro atoms. The van der Waals surface area contributed by atoms with E-state index >= 15 is 0 Å². The molecule has 8 heteroatoms. The summed E-state index contributed by atoms with van der Waals surface area (Å²) in [7, 11) is 5.39. The normalized spacial score (nSPS) is 13.3. The van der Waals surface area contributed by atoms with Gasteiger partial charge in [-0.25, -0.2) is 0 Å². The average molecular weight is 748 g/mol. The SMILES string of the molecule is CCCCCC/C=C/C=C/CCCCCCCCCCCCC(=O)OC(COCCC(C(=O)[O-])[N+](C)(C)C)COC(=O)CCC/C=C/CCCCCC. The number of unbranched alkanes of at least 4 members (excludes halogenated alkanes) is 19. The third kappa shape index (κ3) is 35.0. The van der Waals surface area contributed by atoms with Crippen molar-refractivity contribution in [1.82, 2.24) is 0 Å². The lowest BCUT2D eigenvalue weighted by Crippen LogP contribution is -2.55. The van der Waals surface area contributed by atoms with E-state index in [-0.39, 0.29) is 42.7 Å². The molecule has 0 bridgehead atoms. The van der Waals surface area contributed by atoms with Crippen molar-refractivity contribution in [3.63, 3.8) is 0 Å². The van der Waals surface area contributed by atoms with Gasteiger partial charge >= 0.3 is 11.9 Å². The Bertz CT molecular complexity index is 968. The number of quaternary nitrogens is 1. The van der Waals surface area contributed by atoms with Crippen molar-refractivity contribution in [2.45, 2.75) is 193 Å². The van der Waals surface area contributed by atoms with Gasteiger partial charge in [-0.2, -0.15) is 0 Å². The van der Waals surface area contributed by atoms with Gasteiger partial charge in [0.15, 0.2) is 6.10 Å². The number of hydrogen-bond acceptors (Lipinski definition) is 7. The quantitative estimate of drug-likeness (QED) is 0.0204. The van der Waals surface area contributed by atoms with Gasteiger partial charge in [-0.3, -0.25) is 9.59 Å². The Kier molecular flexibility index (Phi) is 34.8. The largest absolute Gasteiger partial charge is 0.544 e. The molecule has 2 unspecified atom stereocenters. The van der Waals surface area contributed by atoms with E-state index in [0.717, 1.165) is 32.1 Å². The number of carboxylic acid groups (broad SMARTS) is 1. The molecule has 8 nitrogen and oxygen atoms in total. The first kappa shape index (κ1) is 50.5. The Morgan fingerprint density at radius 2 is 1.02 bits per heavy atom. The van der Waals surface area contributed by atoms with Crippen LogP contribution in [0.2, 0.25) is 0 Å². The molecule has 0 N–H and O–H groups in total. The van der Waals surface area contributed by atoms with Crippen LogP contribution in [0.4, 0.5) is 0 Å². The van der Waals surface area contributed by atoms with Crippen LogP contribution < -0.4 is 5.11 Å². The number of nitrogens with zero attached hydrogens (tertiary/aromatic N) is 1. The Morgan fingerprint density at radius 3 is 1.53 bits per heavy atom. The Hall–Kier alpha value is -2.45. The third-order valence-corrected chi connectivity index (χ3v) is 9.53. The van der Waals surface area contributed by atoms with Crippen molar-refractivity contribution in [3.05, 3.63) is 36.5 Å². The second-order valence-electron chi connectivity index (χ2n) is 15.6. The summed E-state index contributed by atoms with van der Waals surface area (Å²) in [4.78, 5) is 36.7.